The molecule has 0 aromatic heterocycles. The maximum absolute atomic E-state index is 13.3. The van der Waals surface area contributed by atoms with E-state index in [1.54, 1.807) is 72.8 Å². The van der Waals surface area contributed by atoms with E-state index in [9.17, 15) is 19.5 Å². The molecular formula is C28H26N2O6. The molecule has 1 saturated heterocycles. The number of hydrogen-bond acceptors (Lipinski definition) is 6. The first-order valence-corrected chi connectivity index (χ1v) is 11.4. The van der Waals surface area contributed by atoms with Crippen molar-refractivity contribution in [1.29, 1.82) is 0 Å². The van der Waals surface area contributed by atoms with Gasteiger partial charge in [0.1, 0.15) is 17.3 Å². The fraction of sp³-hybridized carbons (Fsp3) is 0.179. The van der Waals surface area contributed by atoms with Crippen LogP contribution >= 0.6 is 0 Å². The van der Waals surface area contributed by atoms with E-state index < -0.39 is 17.7 Å². The highest BCUT2D eigenvalue weighted by atomic mass is 16.5. The summed E-state index contributed by atoms with van der Waals surface area (Å²) < 4.78 is 10.9. The van der Waals surface area contributed by atoms with E-state index in [2.05, 4.69) is 5.32 Å². The van der Waals surface area contributed by atoms with Gasteiger partial charge in [0, 0.05) is 23.9 Å². The fourth-order valence-corrected chi connectivity index (χ4v) is 4.19. The molecule has 8 nitrogen and oxygen atoms in total. The highest BCUT2D eigenvalue weighted by Gasteiger charge is 2.47. The van der Waals surface area contributed by atoms with Crippen molar-refractivity contribution in [3.8, 4) is 11.5 Å². The summed E-state index contributed by atoms with van der Waals surface area (Å²) in [5.41, 5.74) is 1.87. The largest absolute Gasteiger partial charge is 0.507 e. The van der Waals surface area contributed by atoms with Gasteiger partial charge in [-0.15, -0.1) is 0 Å². The predicted molar refractivity (Wildman–Crippen MR) is 136 cm³/mol. The van der Waals surface area contributed by atoms with Gasteiger partial charge in [0.15, 0.2) is 0 Å². The second-order valence-electron chi connectivity index (χ2n) is 8.13. The SMILES string of the molecule is CCOc1cccc(/C(O)=C2/C(=O)C(=O)N(c3ccc(NC(C)=O)cc3)C2c2cccc(OC)c2)c1. The molecule has 1 aliphatic heterocycles. The maximum atomic E-state index is 13.3. The molecule has 0 aliphatic carbocycles. The van der Waals surface area contributed by atoms with E-state index in [1.807, 2.05) is 6.92 Å². The quantitative estimate of drug-likeness (QED) is 0.285. The number of amides is 2. The number of ether oxygens (including phenoxy) is 2. The topological polar surface area (TPSA) is 105 Å². The number of ketones is 1. The van der Waals surface area contributed by atoms with E-state index >= 15 is 0 Å². The van der Waals surface area contributed by atoms with Gasteiger partial charge in [0.05, 0.1) is 25.3 Å². The second-order valence-corrected chi connectivity index (χ2v) is 8.13. The van der Waals surface area contributed by atoms with Gasteiger partial charge >= 0.3 is 0 Å². The second kappa shape index (κ2) is 10.4. The van der Waals surface area contributed by atoms with Gasteiger partial charge in [-0.3, -0.25) is 19.3 Å². The van der Waals surface area contributed by atoms with E-state index in [0.29, 0.717) is 40.6 Å². The third-order valence-corrected chi connectivity index (χ3v) is 5.74. The number of hydrogen-bond donors (Lipinski definition) is 2. The number of nitrogens with zero attached hydrogens (tertiary/aromatic N) is 1. The number of carbonyl (C=O) groups is 3. The number of aliphatic hydroxyl groups excluding tert-OH is 1. The number of methoxy groups -OCH3 is 1. The van der Waals surface area contributed by atoms with Crippen LogP contribution in [-0.4, -0.2) is 36.4 Å². The minimum absolute atomic E-state index is 0.0483. The maximum Gasteiger partial charge on any atom is 0.300 e. The molecule has 3 aromatic rings. The lowest BCUT2D eigenvalue weighted by Crippen LogP contribution is -2.29. The van der Waals surface area contributed by atoms with Crippen molar-refractivity contribution in [2.45, 2.75) is 19.9 Å². The standard InChI is InChI=1S/C28H26N2O6/c1-4-36-23-10-6-8-19(16-23)26(32)24-25(18-7-5-9-22(15-18)35-3)30(28(34)27(24)33)21-13-11-20(12-14-21)29-17(2)31/h5-16,25,32H,4H2,1-3H3,(H,29,31)/b26-24-. The monoisotopic (exact) mass is 486 g/mol. The van der Waals surface area contributed by atoms with E-state index in [4.69, 9.17) is 9.47 Å². The van der Waals surface area contributed by atoms with Crippen LogP contribution in [0.25, 0.3) is 5.76 Å². The van der Waals surface area contributed by atoms with Crippen LogP contribution in [0.1, 0.15) is 31.0 Å². The highest BCUT2D eigenvalue weighted by molar-refractivity contribution is 6.51. The van der Waals surface area contributed by atoms with Gasteiger partial charge in [-0.2, -0.15) is 0 Å². The summed E-state index contributed by atoms with van der Waals surface area (Å²) in [4.78, 5) is 39.4. The summed E-state index contributed by atoms with van der Waals surface area (Å²) in [7, 11) is 1.52. The van der Waals surface area contributed by atoms with Crippen LogP contribution in [0.4, 0.5) is 11.4 Å². The van der Waals surface area contributed by atoms with Gasteiger partial charge in [-0.1, -0.05) is 24.3 Å². The predicted octanol–water partition coefficient (Wildman–Crippen LogP) is 4.68. The van der Waals surface area contributed by atoms with Crippen LogP contribution in [0.3, 0.4) is 0 Å². The zero-order chi connectivity index (χ0) is 25.8. The summed E-state index contributed by atoms with van der Waals surface area (Å²) in [6.45, 7) is 3.68. The fourth-order valence-electron chi connectivity index (χ4n) is 4.19. The van der Waals surface area contributed by atoms with Crippen LogP contribution in [0.15, 0.2) is 78.4 Å². The third-order valence-electron chi connectivity index (χ3n) is 5.74. The van der Waals surface area contributed by atoms with Crippen molar-refractivity contribution >= 4 is 34.7 Å². The first-order valence-electron chi connectivity index (χ1n) is 11.4. The van der Waals surface area contributed by atoms with Crippen molar-refractivity contribution in [1.82, 2.24) is 0 Å². The Bertz CT molecular complexity index is 1350. The average molecular weight is 487 g/mol. The molecule has 8 heteroatoms. The molecule has 1 unspecified atom stereocenters. The van der Waals surface area contributed by atoms with Gasteiger partial charge in [0.2, 0.25) is 5.91 Å². The molecule has 2 amide bonds. The lowest BCUT2D eigenvalue weighted by molar-refractivity contribution is -0.132. The Morgan fingerprint density at radius 2 is 1.69 bits per heavy atom. The summed E-state index contributed by atoms with van der Waals surface area (Å²) in [5.74, 6) is -1.06. The summed E-state index contributed by atoms with van der Waals surface area (Å²) >= 11 is 0. The Labute approximate surface area is 208 Å². The van der Waals surface area contributed by atoms with E-state index in [1.165, 1.54) is 18.9 Å². The summed E-state index contributed by atoms with van der Waals surface area (Å²) in [6, 6.07) is 19.4. The Morgan fingerprint density at radius 3 is 2.36 bits per heavy atom. The van der Waals surface area contributed by atoms with Gasteiger partial charge < -0.3 is 19.9 Å². The first-order chi connectivity index (χ1) is 17.3. The van der Waals surface area contributed by atoms with Gasteiger partial charge in [0.25, 0.3) is 11.7 Å². The average Bonchev–Trinajstić information content (AvgIpc) is 3.14. The van der Waals surface area contributed by atoms with Crippen LogP contribution < -0.4 is 19.7 Å². The number of benzene rings is 3. The molecule has 2 N–H and O–H groups in total. The Balaban J connectivity index is 1.88. The lowest BCUT2D eigenvalue weighted by atomic mass is 9.95. The number of Topliss-reactive ketones (excluding diaryl/α,β-unsaturated/α-hetero) is 1. The number of rotatable bonds is 7. The van der Waals surface area contributed by atoms with Gasteiger partial charge in [-0.25, -0.2) is 0 Å². The summed E-state index contributed by atoms with van der Waals surface area (Å²) in [6.07, 6.45) is 0. The molecule has 184 valence electrons. The molecule has 0 saturated carbocycles. The smallest absolute Gasteiger partial charge is 0.300 e. The molecule has 36 heavy (non-hydrogen) atoms. The zero-order valence-electron chi connectivity index (χ0n) is 20.1. The molecule has 4 rings (SSSR count). The van der Waals surface area contributed by atoms with Crippen LogP contribution in [0.2, 0.25) is 0 Å². The normalized spacial score (nSPS) is 16.6. The number of carbonyl (C=O) groups excluding carboxylic acids is 3. The van der Waals surface area contributed by atoms with E-state index in [-0.39, 0.29) is 17.2 Å². The minimum atomic E-state index is -0.914. The Morgan fingerprint density at radius 1 is 1.00 bits per heavy atom. The molecule has 0 radical (unpaired) electrons. The number of anilines is 2. The lowest BCUT2D eigenvalue weighted by Gasteiger charge is -2.26. The minimum Gasteiger partial charge on any atom is -0.507 e. The molecule has 1 fully saturated rings. The van der Waals surface area contributed by atoms with Crippen LogP contribution in [0, 0.1) is 0 Å². The van der Waals surface area contributed by atoms with Crippen LogP contribution in [-0.2, 0) is 14.4 Å². The van der Waals surface area contributed by atoms with E-state index in [0.717, 1.165) is 0 Å². The molecule has 1 heterocycles. The Hall–Kier alpha value is -4.59. The highest BCUT2D eigenvalue weighted by Crippen LogP contribution is 2.43. The van der Waals surface area contributed by atoms with Crippen molar-refractivity contribution in [3.05, 3.63) is 89.5 Å². The van der Waals surface area contributed by atoms with Crippen molar-refractivity contribution < 1.29 is 29.0 Å². The third kappa shape index (κ3) is 4.79. The molecule has 1 aliphatic rings. The molecule has 0 spiro atoms. The Kier molecular flexibility index (Phi) is 7.05. The van der Waals surface area contributed by atoms with Crippen molar-refractivity contribution in [3.63, 3.8) is 0 Å². The van der Waals surface area contributed by atoms with Crippen molar-refractivity contribution in [2.75, 3.05) is 23.9 Å². The molecule has 1 atom stereocenters. The number of nitrogens with one attached hydrogen (secondary N) is 1. The van der Waals surface area contributed by atoms with Crippen molar-refractivity contribution in [2.24, 2.45) is 0 Å². The molecular weight excluding hydrogens is 460 g/mol. The molecule has 3 aromatic carbocycles. The zero-order valence-corrected chi connectivity index (χ0v) is 20.1. The molecule has 0 bridgehead atoms. The number of aliphatic hydroxyl groups is 1. The summed E-state index contributed by atoms with van der Waals surface area (Å²) in [5, 5.41) is 14.0. The van der Waals surface area contributed by atoms with Crippen LogP contribution in [0.5, 0.6) is 11.5 Å². The van der Waals surface area contributed by atoms with Gasteiger partial charge in [-0.05, 0) is 61.0 Å². The first kappa shape index (κ1) is 24.5.